The van der Waals surface area contributed by atoms with Crippen molar-refractivity contribution in [1.29, 1.82) is 0 Å². The number of guanidine groups is 1. The second-order valence-electron chi connectivity index (χ2n) is 6.71. The summed E-state index contributed by atoms with van der Waals surface area (Å²) in [5.74, 6) is 3.18. The minimum Gasteiger partial charge on any atom is -0.357 e. The van der Waals surface area contributed by atoms with Gasteiger partial charge in [-0.15, -0.1) is 10.2 Å². The molecule has 142 valence electrons. The second-order valence-corrected chi connectivity index (χ2v) is 6.71. The number of fused-ring (bicyclic) bond motifs is 1. The smallest absolute Gasteiger partial charge is 0.191 e. The van der Waals surface area contributed by atoms with Gasteiger partial charge >= 0.3 is 0 Å². The molecule has 0 saturated heterocycles. The fourth-order valence-corrected chi connectivity index (χ4v) is 3.32. The highest BCUT2D eigenvalue weighted by Crippen LogP contribution is 2.15. The van der Waals surface area contributed by atoms with Crippen LogP contribution in [-0.4, -0.2) is 44.9 Å². The molecule has 1 aliphatic heterocycles. The molecule has 2 aromatic heterocycles. The van der Waals surface area contributed by atoms with Gasteiger partial charge in [0.1, 0.15) is 11.6 Å². The molecular weight excluding hydrogens is 326 g/mol. The van der Waals surface area contributed by atoms with Gasteiger partial charge in [0, 0.05) is 58.0 Å². The van der Waals surface area contributed by atoms with Gasteiger partial charge in [-0.1, -0.05) is 6.42 Å². The lowest BCUT2D eigenvalue weighted by Crippen LogP contribution is -2.38. The van der Waals surface area contributed by atoms with Gasteiger partial charge in [-0.25, -0.2) is 0 Å². The first-order valence-electron chi connectivity index (χ1n) is 9.90. The van der Waals surface area contributed by atoms with E-state index in [0.29, 0.717) is 0 Å². The lowest BCUT2D eigenvalue weighted by Gasteiger charge is -2.12. The van der Waals surface area contributed by atoms with Gasteiger partial charge in [0.15, 0.2) is 5.96 Å². The first-order valence-corrected chi connectivity index (χ1v) is 9.90. The largest absolute Gasteiger partial charge is 0.357 e. The number of nitrogens with one attached hydrogen (secondary N) is 2. The number of hydrogen-bond acceptors (Lipinski definition) is 3. The van der Waals surface area contributed by atoms with Crippen LogP contribution >= 0.6 is 0 Å². The van der Waals surface area contributed by atoms with Crippen LogP contribution in [0.3, 0.4) is 0 Å². The van der Waals surface area contributed by atoms with Crippen LogP contribution in [0, 0.1) is 0 Å². The van der Waals surface area contributed by atoms with E-state index in [9.17, 15) is 0 Å². The summed E-state index contributed by atoms with van der Waals surface area (Å²) in [6.07, 6.45) is 10.9. The Balaban J connectivity index is 1.44. The Kier molecular flexibility index (Phi) is 7.10. The van der Waals surface area contributed by atoms with E-state index in [2.05, 4.69) is 49.3 Å². The predicted octanol–water partition coefficient (Wildman–Crippen LogP) is 1.99. The molecule has 0 spiro atoms. The highest BCUT2D eigenvalue weighted by molar-refractivity contribution is 5.79. The average molecular weight is 358 g/mol. The van der Waals surface area contributed by atoms with Crippen molar-refractivity contribution in [2.24, 2.45) is 4.99 Å². The van der Waals surface area contributed by atoms with Gasteiger partial charge in [-0.2, -0.15) is 0 Å². The Labute approximate surface area is 155 Å². The predicted molar refractivity (Wildman–Crippen MR) is 104 cm³/mol. The van der Waals surface area contributed by atoms with Crippen molar-refractivity contribution < 1.29 is 0 Å². The summed E-state index contributed by atoms with van der Waals surface area (Å²) in [7, 11) is 0. The summed E-state index contributed by atoms with van der Waals surface area (Å²) < 4.78 is 4.49. The summed E-state index contributed by atoms with van der Waals surface area (Å²) in [5.41, 5.74) is 0. The van der Waals surface area contributed by atoms with E-state index >= 15 is 0 Å². The molecule has 2 N–H and O–H groups in total. The standard InChI is InChI=1S/C19H31N7/c1-2-20-19(22-12-16-25-13-6-7-14-25)21-11-8-10-18-24-23-17-9-4-3-5-15-26(17)18/h6-7,13-14H,2-5,8-12,15-16H2,1H3,(H2,20,21,22). The van der Waals surface area contributed by atoms with Crippen molar-refractivity contribution in [3.05, 3.63) is 36.2 Å². The molecule has 0 aromatic carbocycles. The Hall–Kier alpha value is -2.31. The molecule has 0 fully saturated rings. The molecule has 0 amide bonds. The summed E-state index contributed by atoms with van der Waals surface area (Å²) in [6, 6.07) is 4.09. The Morgan fingerprint density at radius 1 is 1.15 bits per heavy atom. The van der Waals surface area contributed by atoms with Crippen molar-refractivity contribution in [1.82, 2.24) is 30.0 Å². The maximum Gasteiger partial charge on any atom is 0.191 e. The molecule has 1 aliphatic rings. The van der Waals surface area contributed by atoms with Crippen molar-refractivity contribution in [2.45, 2.75) is 58.5 Å². The summed E-state index contributed by atoms with van der Waals surface area (Å²) in [5, 5.41) is 15.5. The van der Waals surface area contributed by atoms with Gasteiger partial charge < -0.3 is 19.8 Å². The van der Waals surface area contributed by atoms with Crippen molar-refractivity contribution >= 4 is 5.96 Å². The highest BCUT2D eigenvalue weighted by Gasteiger charge is 2.13. The molecule has 0 radical (unpaired) electrons. The number of rotatable bonds is 8. The van der Waals surface area contributed by atoms with E-state index in [-0.39, 0.29) is 0 Å². The summed E-state index contributed by atoms with van der Waals surface area (Å²) in [6.45, 7) is 6.62. The van der Waals surface area contributed by atoms with Crippen LogP contribution in [0.5, 0.6) is 0 Å². The molecule has 7 heteroatoms. The van der Waals surface area contributed by atoms with E-state index in [0.717, 1.165) is 63.8 Å². The minimum atomic E-state index is 0.793. The van der Waals surface area contributed by atoms with Gasteiger partial charge in [-0.05, 0) is 38.3 Å². The highest BCUT2D eigenvalue weighted by atomic mass is 15.3. The maximum absolute atomic E-state index is 4.69. The number of aromatic nitrogens is 4. The monoisotopic (exact) mass is 357 g/mol. The molecule has 0 atom stereocenters. The van der Waals surface area contributed by atoms with Crippen LogP contribution in [-0.2, 0) is 25.9 Å². The first kappa shape index (κ1) is 18.5. The zero-order valence-electron chi connectivity index (χ0n) is 15.8. The molecule has 2 aromatic rings. The molecule has 3 heterocycles. The number of hydrogen-bond donors (Lipinski definition) is 2. The summed E-state index contributed by atoms with van der Waals surface area (Å²) in [4.78, 5) is 4.69. The van der Waals surface area contributed by atoms with Crippen molar-refractivity contribution in [3.63, 3.8) is 0 Å². The quantitative estimate of drug-likeness (QED) is 0.431. The maximum atomic E-state index is 4.69. The Morgan fingerprint density at radius 2 is 2.04 bits per heavy atom. The number of nitrogens with zero attached hydrogens (tertiary/aromatic N) is 5. The van der Waals surface area contributed by atoms with Crippen molar-refractivity contribution in [2.75, 3.05) is 19.6 Å². The molecule has 3 rings (SSSR count). The third-order valence-corrected chi connectivity index (χ3v) is 4.69. The van der Waals surface area contributed by atoms with Crippen LogP contribution < -0.4 is 10.6 Å². The van der Waals surface area contributed by atoms with E-state index in [1.54, 1.807) is 0 Å². The van der Waals surface area contributed by atoms with Crippen molar-refractivity contribution in [3.8, 4) is 0 Å². The van der Waals surface area contributed by atoms with E-state index in [1.807, 2.05) is 12.1 Å². The van der Waals surface area contributed by atoms with Crippen LogP contribution in [0.2, 0.25) is 0 Å². The fourth-order valence-electron chi connectivity index (χ4n) is 3.32. The van der Waals surface area contributed by atoms with Crippen LogP contribution in [0.1, 0.15) is 44.3 Å². The SMILES string of the molecule is CCNC(=NCCCc1nnc2n1CCCCC2)NCCn1cccc1. The van der Waals surface area contributed by atoms with Crippen LogP contribution in [0.25, 0.3) is 0 Å². The van der Waals surface area contributed by atoms with E-state index in [4.69, 9.17) is 4.99 Å². The molecule has 0 saturated carbocycles. The van der Waals surface area contributed by atoms with E-state index < -0.39 is 0 Å². The molecule has 7 nitrogen and oxygen atoms in total. The van der Waals surface area contributed by atoms with Gasteiger partial charge in [0.05, 0.1) is 0 Å². The van der Waals surface area contributed by atoms with Gasteiger partial charge in [-0.3, -0.25) is 4.99 Å². The van der Waals surface area contributed by atoms with Gasteiger partial charge in [0.2, 0.25) is 0 Å². The molecule has 0 aliphatic carbocycles. The van der Waals surface area contributed by atoms with Gasteiger partial charge in [0.25, 0.3) is 0 Å². The number of aliphatic imine (C=N–C) groups is 1. The Morgan fingerprint density at radius 3 is 2.88 bits per heavy atom. The normalized spacial score (nSPS) is 14.7. The lowest BCUT2D eigenvalue weighted by atomic mass is 10.2. The van der Waals surface area contributed by atoms with Crippen LogP contribution in [0.15, 0.2) is 29.5 Å². The third-order valence-electron chi connectivity index (χ3n) is 4.69. The van der Waals surface area contributed by atoms with E-state index in [1.165, 1.54) is 25.1 Å². The second kappa shape index (κ2) is 9.99. The zero-order valence-corrected chi connectivity index (χ0v) is 15.8. The molecular formula is C19H31N7. The minimum absolute atomic E-state index is 0.793. The first-order chi connectivity index (χ1) is 12.9. The van der Waals surface area contributed by atoms with Crippen LogP contribution in [0.4, 0.5) is 0 Å². The molecule has 26 heavy (non-hydrogen) atoms. The lowest BCUT2D eigenvalue weighted by molar-refractivity contribution is 0.597. The Bertz CT molecular complexity index is 672. The topological polar surface area (TPSA) is 72.1 Å². The number of aryl methyl sites for hydroxylation is 2. The zero-order chi connectivity index (χ0) is 18.0. The molecule has 0 unspecified atom stereocenters. The molecule has 0 bridgehead atoms. The average Bonchev–Trinajstić information content (AvgIpc) is 3.23. The third kappa shape index (κ3) is 5.34. The fraction of sp³-hybridized carbons (Fsp3) is 0.632. The summed E-state index contributed by atoms with van der Waals surface area (Å²) >= 11 is 0.